The molecule has 0 N–H and O–H groups in total. The van der Waals surface area contributed by atoms with E-state index in [1.54, 1.807) is 12.1 Å². The Balaban J connectivity index is 2.08. The average molecular weight is 401 g/mol. The smallest absolute Gasteiger partial charge is 0.311 e. The van der Waals surface area contributed by atoms with Gasteiger partial charge in [-0.15, -0.1) is 0 Å². The van der Waals surface area contributed by atoms with Crippen LogP contribution in [0.3, 0.4) is 0 Å². The lowest BCUT2D eigenvalue weighted by Gasteiger charge is -2.23. The van der Waals surface area contributed by atoms with E-state index in [-0.39, 0.29) is 40.9 Å². The van der Waals surface area contributed by atoms with E-state index in [9.17, 15) is 14.9 Å². The van der Waals surface area contributed by atoms with E-state index in [4.69, 9.17) is 23.7 Å². The summed E-state index contributed by atoms with van der Waals surface area (Å²) < 4.78 is 26.7. The first-order chi connectivity index (χ1) is 13.9. The Morgan fingerprint density at radius 2 is 1.69 bits per heavy atom. The number of ketones is 1. The summed E-state index contributed by atoms with van der Waals surface area (Å²) in [5.74, 6) is 0.941. The van der Waals surface area contributed by atoms with Gasteiger partial charge in [0.05, 0.1) is 33.4 Å². The maximum Gasteiger partial charge on any atom is 0.311 e. The zero-order chi connectivity index (χ0) is 21.1. The second kappa shape index (κ2) is 8.09. The fraction of sp³-hybridized carbons (Fsp3) is 0.250. The van der Waals surface area contributed by atoms with Crippen LogP contribution in [0.15, 0.2) is 29.8 Å². The molecular formula is C20H19NO8. The fourth-order valence-corrected chi connectivity index (χ4v) is 3.09. The number of nitro groups is 1. The van der Waals surface area contributed by atoms with Crippen LogP contribution in [0.1, 0.15) is 15.9 Å². The summed E-state index contributed by atoms with van der Waals surface area (Å²) in [5, 5.41) is 11.2. The number of rotatable bonds is 6. The number of carbonyl (C=O) groups excluding carboxylic acids is 1. The average Bonchev–Trinajstić information content (AvgIpc) is 2.73. The second-order valence-corrected chi connectivity index (χ2v) is 5.99. The minimum atomic E-state index is -0.546. The van der Waals surface area contributed by atoms with Crippen molar-refractivity contribution in [1.29, 1.82) is 0 Å². The van der Waals surface area contributed by atoms with Gasteiger partial charge in [-0.1, -0.05) is 6.07 Å². The van der Waals surface area contributed by atoms with E-state index in [1.807, 2.05) is 0 Å². The van der Waals surface area contributed by atoms with Crippen molar-refractivity contribution in [3.63, 3.8) is 0 Å². The fourth-order valence-electron chi connectivity index (χ4n) is 3.09. The summed E-state index contributed by atoms with van der Waals surface area (Å²) in [4.78, 5) is 23.8. The predicted molar refractivity (Wildman–Crippen MR) is 104 cm³/mol. The lowest BCUT2D eigenvalue weighted by molar-refractivity contribution is -0.385. The molecule has 0 saturated heterocycles. The van der Waals surface area contributed by atoms with Crippen molar-refractivity contribution in [2.24, 2.45) is 0 Å². The monoisotopic (exact) mass is 401 g/mol. The highest BCUT2D eigenvalue weighted by Crippen LogP contribution is 2.47. The van der Waals surface area contributed by atoms with Crippen molar-refractivity contribution < 1.29 is 33.4 Å². The highest BCUT2D eigenvalue weighted by molar-refractivity contribution is 6.16. The normalized spacial score (nSPS) is 14.1. The number of hydrogen-bond donors (Lipinski definition) is 0. The van der Waals surface area contributed by atoms with Gasteiger partial charge in [-0.25, -0.2) is 0 Å². The largest absolute Gasteiger partial charge is 0.493 e. The van der Waals surface area contributed by atoms with E-state index in [0.29, 0.717) is 22.6 Å². The Kier molecular flexibility index (Phi) is 5.58. The Hall–Kier alpha value is -3.75. The SMILES string of the molecule is COc1ccc(/C=C2\COc3cc(OC)c(OC)c(OC)c3C2=O)cc1[N+](=O)[O-]. The van der Waals surface area contributed by atoms with Crippen LogP contribution in [-0.4, -0.2) is 45.8 Å². The van der Waals surface area contributed by atoms with Crippen LogP contribution in [0.5, 0.6) is 28.7 Å². The third kappa shape index (κ3) is 3.54. The summed E-state index contributed by atoms with van der Waals surface area (Å²) in [6, 6.07) is 5.98. The van der Waals surface area contributed by atoms with Crippen LogP contribution in [0, 0.1) is 10.1 Å². The molecule has 9 nitrogen and oxygen atoms in total. The molecule has 1 aliphatic heterocycles. The van der Waals surface area contributed by atoms with Gasteiger partial charge in [0.25, 0.3) is 0 Å². The second-order valence-electron chi connectivity index (χ2n) is 5.99. The van der Waals surface area contributed by atoms with Crippen molar-refractivity contribution in [2.45, 2.75) is 0 Å². The minimum Gasteiger partial charge on any atom is -0.493 e. The summed E-state index contributed by atoms with van der Waals surface area (Å²) in [5.41, 5.74) is 0.774. The number of nitro benzene ring substituents is 1. The number of Topliss-reactive ketones (excluding diaryl/α,β-unsaturated/α-hetero) is 1. The molecule has 0 unspecified atom stereocenters. The van der Waals surface area contributed by atoms with E-state index in [0.717, 1.165) is 0 Å². The van der Waals surface area contributed by atoms with Crippen molar-refractivity contribution in [3.05, 3.63) is 51.1 Å². The maximum atomic E-state index is 13.1. The summed E-state index contributed by atoms with van der Waals surface area (Å²) in [7, 11) is 5.67. The first-order valence-corrected chi connectivity index (χ1v) is 8.48. The molecule has 0 saturated carbocycles. The first kappa shape index (κ1) is 20.0. The molecule has 0 bridgehead atoms. The molecule has 152 valence electrons. The molecule has 9 heteroatoms. The lowest BCUT2D eigenvalue weighted by Crippen LogP contribution is -2.20. The molecular weight excluding hydrogens is 382 g/mol. The van der Waals surface area contributed by atoms with Gasteiger partial charge in [0.15, 0.2) is 23.0 Å². The van der Waals surface area contributed by atoms with Crippen LogP contribution in [0.4, 0.5) is 5.69 Å². The van der Waals surface area contributed by atoms with Crippen molar-refractivity contribution in [3.8, 4) is 28.7 Å². The van der Waals surface area contributed by atoms with Gasteiger partial charge >= 0.3 is 5.69 Å². The Bertz CT molecular complexity index is 1010. The standard InChI is InChI=1S/C20H19NO8/c1-25-14-6-5-11(8-13(14)21(23)24)7-12-10-29-15-9-16(26-2)19(27-3)20(28-4)17(15)18(12)22/h5-9H,10H2,1-4H3/b12-7+. The van der Waals surface area contributed by atoms with Gasteiger partial charge in [0, 0.05) is 17.7 Å². The number of methoxy groups -OCH3 is 4. The van der Waals surface area contributed by atoms with E-state index in [1.165, 1.54) is 46.6 Å². The topological polar surface area (TPSA) is 106 Å². The molecule has 0 spiro atoms. The van der Waals surface area contributed by atoms with E-state index in [2.05, 4.69) is 0 Å². The Labute approximate surface area is 166 Å². The lowest BCUT2D eigenvalue weighted by atomic mass is 9.96. The zero-order valence-electron chi connectivity index (χ0n) is 16.3. The number of fused-ring (bicyclic) bond motifs is 1. The molecule has 0 atom stereocenters. The summed E-state index contributed by atoms with van der Waals surface area (Å²) in [6.07, 6.45) is 1.54. The van der Waals surface area contributed by atoms with Crippen LogP contribution >= 0.6 is 0 Å². The number of ether oxygens (including phenoxy) is 5. The molecule has 2 aromatic rings. The zero-order valence-corrected chi connectivity index (χ0v) is 16.3. The highest BCUT2D eigenvalue weighted by atomic mass is 16.6. The molecule has 0 aromatic heterocycles. The van der Waals surface area contributed by atoms with Crippen molar-refractivity contribution >= 4 is 17.5 Å². The van der Waals surface area contributed by atoms with Crippen LogP contribution in [0.25, 0.3) is 6.08 Å². The molecule has 0 radical (unpaired) electrons. The number of hydrogen-bond acceptors (Lipinski definition) is 8. The number of carbonyl (C=O) groups is 1. The summed E-state index contributed by atoms with van der Waals surface area (Å²) >= 11 is 0. The van der Waals surface area contributed by atoms with Gasteiger partial charge in [-0.3, -0.25) is 14.9 Å². The third-order valence-electron chi connectivity index (χ3n) is 4.44. The maximum absolute atomic E-state index is 13.1. The molecule has 29 heavy (non-hydrogen) atoms. The van der Waals surface area contributed by atoms with Gasteiger partial charge in [0.2, 0.25) is 5.75 Å². The van der Waals surface area contributed by atoms with Crippen molar-refractivity contribution in [2.75, 3.05) is 35.0 Å². The van der Waals surface area contributed by atoms with Gasteiger partial charge < -0.3 is 23.7 Å². The first-order valence-electron chi connectivity index (χ1n) is 8.48. The van der Waals surface area contributed by atoms with Crippen LogP contribution in [-0.2, 0) is 0 Å². The van der Waals surface area contributed by atoms with E-state index < -0.39 is 4.92 Å². The number of nitrogens with zero attached hydrogens (tertiary/aromatic N) is 1. The van der Waals surface area contributed by atoms with Gasteiger partial charge in [-0.05, 0) is 17.7 Å². The third-order valence-corrected chi connectivity index (χ3v) is 4.44. The van der Waals surface area contributed by atoms with Gasteiger partial charge in [0.1, 0.15) is 17.9 Å². The quantitative estimate of drug-likeness (QED) is 0.412. The predicted octanol–water partition coefficient (Wildman–Crippen LogP) is 3.29. The summed E-state index contributed by atoms with van der Waals surface area (Å²) in [6.45, 7) is -0.00963. The minimum absolute atomic E-state index is 0.00963. The Morgan fingerprint density at radius 3 is 2.28 bits per heavy atom. The van der Waals surface area contributed by atoms with Crippen LogP contribution < -0.4 is 23.7 Å². The highest BCUT2D eigenvalue weighted by Gasteiger charge is 2.32. The van der Waals surface area contributed by atoms with E-state index >= 15 is 0 Å². The molecule has 0 amide bonds. The van der Waals surface area contributed by atoms with Crippen LogP contribution in [0.2, 0.25) is 0 Å². The molecule has 0 aliphatic carbocycles. The molecule has 2 aromatic carbocycles. The Morgan fingerprint density at radius 1 is 1.00 bits per heavy atom. The molecule has 1 heterocycles. The molecule has 1 aliphatic rings. The number of benzene rings is 2. The molecule has 3 rings (SSSR count). The molecule has 0 fully saturated rings. The van der Waals surface area contributed by atoms with Gasteiger partial charge in [-0.2, -0.15) is 0 Å². The van der Waals surface area contributed by atoms with Crippen molar-refractivity contribution in [1.82, 2.24) is 0 Å².